The first-order valence-electron chi connectivity index (χ1n) is 8.35. The van der Waals surface area contributed by atoms with Crippen LogP contribution in [-0.2, 0) is 14.8 Å². The zero-order chi connectivity index (χ0) is 17.6. The summed E-state index contributed by atoms with van der Waals surface area (Å²) in [6.07, 6.45) is 4.63. The maximum absolute atomic E-state index is 12.2. The number of carbonyl (C=O) groups is 1. The molecule has 1 aromatic carbocycles. The van der Waals surface area contributed by atoms with Gasteiger partial charge in [-0.2, -0.15) is 0 Å². The molecule has 1 aliphatic carbocycles. The van der Waals surface area contributed by atoms with Crippen molar-refractivity contribution in [3.63, 3.8) is 0 Å². The van der Waals surface area contributed by atoms with Gasteiger partial charge < -0.3 is 10.1 Å². The van der Waals surface area contributed by atoms with Gasteiger partial charge in [0.05, 0.1) is 12.0 Å². The van der Waals surface area contributed by atoms with Gasteiger partial charge in [0.25, 0.3) is 0 Å². The van der Waals surface area contributed by atoms with Gasteiger partial charge in [0.1, 0.15) is 5.75 Å². The molecule has 7 heteroatoms. The summed E-state index contributed by atoms with van der Waals surface area (Å²) in [5.74, 6) is 0.972. The summed E-state index contributed by atoms with van der Waals surface area (Å²) in [7, 11) is -2.09. The second-order valence-electron chi connectivity index (χ2n) is 6.26. The van der Waals surface area contributed by atoms with Crippen LogP contribution in [0.3, 0.4) is 0 Å². The smallest absolute Gasteiger partial charge is 0.240 e. The third-order valence-electron chi connectivity index (χ3n) is 4.47. The van der Waals surface area contributed by atoms with E-state index in [9.17, 15) is 13.2 Å². The first-order chi connectivity index (χ1) is 11.4. The molecule has 0 bridgehead atoms. The Hall–Kier alpha value is -1.60. The van der Waals surface area contributed by atoms with E-state index in [4.69, 9.17) is 4.74 Å². The molecular formula is C17H26N2O4S. The van der Waals surface area contributed by atoms with Crippen LogP contribution in [-0.4, -0.2) is 34.0 Å². The Bertz CT molecular complexity index is 643. The molecule has 0 aliphatic heterocycles. The van der Waals surface area contributed by atoms with Crippen LogP contribution >= 0.6 is 0 Å². The van der Waals surface area contributed by atoms with Crippen LogP contribution in [0.5, 0.6) is 5.75 Å². The molecule has 0 saturated heterocycles. The highest BCUT2D eigenvalue weighted by atomic mass is 32.2. The van der Waals surface area contributed by atoms with Crippen LogP contribution in [0.4, 0.5) is 0 Å². The van der Waals surface area contributed by atoms with E-state index in [-0.39, 0.29) is 29.8 Å². The Balaban J connectivity index is 1.80. The van der Waals surface area contributed by atoms with Crippen LogP contribution in [0.25, 0.3) is 0 Å². The number of methoxy groups -OCH3 is 1. The fraction of sp³-hybridized carbons (Fsp3) is 0.588. The third kappa shape index (κ3) is 5.21. The van der Waals surface area contributed by atoms with Gasteiger partial charge in [-0.1, -0.05) is 19.8 Å². The molecule has 2 atom stereocenters. The van der Waals surface area contributed by atoms with Crippen molar-refractivity contribution in [2.75, 3.05) is 13.7 Å². The topological polar surface area (TPSA) is 84.5 Å². The van der Waals surface area contributed by atoms with E-state index < -0.39 is 10.0 Å². The summed E-state index contributed by atoms with van der Waals surface area (Å²) in [4.78, 5) is 12.2. The summed E-state index contributed by atoms with van der Waals surface area (Å²) in [6, 6.07) is 6.34. The molecule has 1 amide bonds. The molecule has 1 aromatic rings. The lowest BCUT2D eigenvalue weighted by Crippen LogP contribution is -2.42. The number of benzene rings is 1. The highest BCUT2D eigenvalue weighted by molar-refractivity contribution is 7.89. The highest BCUT2D eigenvalue weighted by Gasteiger charge is 2.22. The third-order valence-corrected chi connectivity index (χ3v) is 5.95. The minimum atomic E-state index is -3.61. The first-order valence-corrected chi connectivity index (χ1v) is 9.84. The summed E-state index contributed by atoms with van der Waals surface area (Å²) in [6.45, 7) is 2.23. The van der Waals surface area contributed by atoms with Gasteiger partial charge >= 0.3 is 0 Å². The van der Waals surface area contributed by atoms with Crippen molar-refractivity contribution in [3.8, 4) is 5.75 Å². The molecule has 1 saturated carbocycles. The van der Waals surface area contributed by atoms with Gasteiger partial charge in [0.2, 0.25) is 15.9 Å². The maximum Gasteiger partial charge on any atom is 0.240 e. The van der Waals surface area contributed by atoms with E-state index in [0.29, 0.717) is 11.7 Å². The van der Waals surface area contributed by atoms with Gasteiger partial charge in [-0.3, -0.25) is 4.79 Å². The fourth-order valence-corrected chi connectivity index (χ4v) is 3.98. The maximum atomic E-state index is 12.2. The zero-order valence-corrected chi connectivity index (χ0v) is 15.1. The van der Waals surface area contributed by atoms with Crippen molar-refractivity contribution in [1.29, 1.82) is 0 Å². The number of hydrogen-bond donors (Lipinski definition) is 2. The fourth-order valence-electron chi connectivity index (χ4n) is 2.95. The summed E-state index contributed by atoms with van der Waals surface area (Å²) in [5.41, 5.74) is 0. The molecule has 2 N–H and O–H groups in total. The van der Waals surface area contributed by atoms with Crippen LogP contribution in [0.15, 0.2) is 29.2 Å². The van der Waals surface area contributed by atoms with Crippen molar-refractivity contribution < 1.29 is 17.9 Å². The van der Waals surface area contributed by atoms with Crippen LogP contribution in [0, 0.1) is 5.92 Å². The van der Waals surface area contributed by atoms with Crippen LogP contribution in [0.2, 0.25) is 0 Å². The molecule has 2 rings (SSSR count). The number of ether oxygens (including phenoxy) is 1. The molecule has 2 unspecified atom stereocenters. The average Bonchev–Trinajstić information content (AvgIpc) is 2.57. The largest absolute Gasteiger partial charge is 0.497 e. The Morgan fingerprint density at radius 1 is 1.21 bits per heavy atom. The van der Waals surface area contributed by atoms with Crippen LogP contribution < -0.4 is 14.8 Å². The molecule has 1 fully saturated rings. The van der Waals surface area contributed by atoms with Gasteiger partial charge in [-0.05, 0) is 43.0 Å². The van der Waals surface area contributed by atoms with Crippen molar-refractivity contribution in [2.24, 2.45) is 5.92 Å². The Kier molecular flexibility index (Phi) is 6.62. The lowest BCUT2D eigenvalue weighted by Gasteiger charge is -2.29. The van der Waals surface area contributed by atoms with Crippen molar-refractivity contribution in [2.45, 2.75) is 50.0 Å². The predicted octanol–water partition coefficient (Wildman–Crippen LogP) is 2.06. The number of nitrogens with one attached hydrogen (secondary N) is 2. The summed E-state index contributed by atoms with van der Waals surface area (Å²) >= 11 is 0. The van der Waals surface area contributed by atoms with Gasteiger partial charge in [0.15, 0.2) is 0 Å². The second-order valence-corrected chi connectivity index (χ2v) is 8.03. The molecule has 24 heavy (non-hydrogen) atoms. The molecular weight excluding hydrogens is 328 g/mol. The minimum absolute atomic E-state index is 0.0846. The SMILES string of the molecule is COc1ccc(S(=O)(=O)NCCC(=O)NC2CCCCC2C)cc1. The Morgan fingerprint density at radius 2 is 1.88 bits per heavy atom. The molecule has 6 nitrogen and oxygen atoms in total. The van der Waals surface area contributed by atoms with E-state index in [2.05, 4.69) is 17.0 Å². The number of rotatable bonds is 7. The number of amides is 1. The van der Waals surface area contributed by atoms with Gasteiger partial charge in [-0.25, -0.2) is 13.1 Å². The second kappa shape index (κ2) is 8.48. The lowest BCUT2D eigenvalue weighted by molar-refractivity contribution is -0.122. The number of sulfonamides is 1. The zero-order valence-electron chi connectivity index (χ0n) is 14.2. The first kappa shape index (κ1) is 18.7. The number of carbonyl (C=O) groups excluding carboxylic acids is 1. The Labute approximate surface area is 144 Å². The minimum Gasteiger partial charge on any atom is -0.497 e. The van der Waals surface area contributed by atoms with Gasteiger partial charge in [0, 0.05) is 19.0 Å². The average molecular weight is 354 g/mol. The molecule has 0 aromatic heterocycles. The highest BCUT2D eigenvalue weighted by Crippen LogP contribution is 2.23. The molecule has 0 heterocycles. The van der Waals surface area contributed by atoms with E-state index >= 15 is 0 Å². The van der Waals surface area contributed by atoms with Crippen molar-refractivity contribution in [1.82, 2.24) is 10.0 Å². The predicted molar refractivity (Wildman–Crippen MR) is 92.4 cm³/mol. The molecule has 0 spiro atoms. The molecule has 0 radical (unpaired) electrons. The molecule has 134 valence electrons. The lowest BCUT2D eigenvalue weighted by atomic mass is 9.86. The van der Waals surface area contributed by atoms with Crippen LogP contribution in [0.1, 0.15) is 39.0 Å². The van der Waals surface area contributed by atoms with E-state index in [1.54, 1.807) is 12.1 Å². The number of hydrogen-bond acceptors (Lipinski definition) is 4. The normalized spacial score (nSPS) is 21.2. The van der Waals surface area contributed by atoms with E-state index in [0.717, 1.165) is 19.3 Å². The Morgan fingerprint density at radius 3 is 2.50 bits per heavy atom. The van der Waals surface area contributed by atoms with Gasteiger partial charge in [-0.15, -0.1) is 0 Å². The van der Waals surface area contributed by atoms with E-state index in [1.807, 2.05) is 0 Å². The van der Waals surface area contributed by atoms with Crippen molar-refractivity contribution >= 4 is 15.9 Å². The van der Waals surface area contributed by atoms with Crippen molar-refractivity contribution in [3.05, 3.63) is 24.3 Å². The monoisotopic (exact) mass is 354 g/mol. The summed E-state index contributed by atoms with van der Waals surface area (Å²) in [5, 5.41) is 3.02. The summed E-state index contributed by atoms with van der Waals surface area (Å²) < 4.78 is 31.8. The molecule has 1 aliphatic rings. The standard InChI is InChI=1S/C17H26N2O4S/c1-13-5-3-4-6-16(13)19-17(20)11-12-18-24(21,22)15-9-7-14(23-2)8-10-15/h7-10,13,16,18H,3-6,11-12H2,1-2H3,(H,19,20). The van der Waals surface area contributed by atoms with E-state index in [1.165, 1.54) is 25.7 Å². The quantitative estimate of drug-likeness (QED) is 0.785.